The van der Waals surface area contributed by atoms with Crippen LogP contribution >= 0.6 is 12.2 Å². The summed E-state index contributed by atoms with van der Waals surface area (Å²) < 4.78 is 67.1. The predicted octanol–water partition coefficient (Wildman–Crippen LogP) is 12.3. The number of piperidine rings is 2. The maximum absolute atomic E-state index is 14.3. The Labute approximate surface area is 451 Å². The molecule has 14 nitrogen and oxygen atoms in total. The topological polar surface area (TPSA) is 165 Å². The SMILES string of the molecule is CNc1ccc(Oc2ccnc(CC(=O)CN3CCC(C)CC3)c2)cc1N.Cc1cc(N=C=S)c(F)cc1F.Cc1cc(Nc2nc3cc(Oc4ccnc(CC(=O)CN5CCC(C)CC5)c4)ccc3n2C)c(F)cc1F. The maximum Gasteiger partial charge on any atom is 0.208 e. The summed E-state index contributed by atoms with van der Waals surface area (Å²) in [6.45, 7) is 12.5. The van der Waals surface area contributed by atoms with E-state index in [1.807, 2.05) is 49.6 Å². The van der Waals surface area contributed by atoms with Crippen LogP contribution in [0.15, 0.2) is 102 Å². The number of likely N-dealkylation sites (tertiary alicyclic amines) is 2. The second-order valence-corrected chi connectivity index (χ2v) is 19.8. The van der Waals surface area contributed by atoms with E-state index in [0.29, 0.717) is 76.5 Å². The third kappa shape index (κ3) is 16.5. The number of ketones is 2. The molecule has 0 bridgehead atoms. The fourth-order valence-electron chi connectivity index (χ4n) is 8.80. The molecule has 77 heavy (non-hydrogen) atoms. The Kier molecular flexibility index (Phi) is 20.0. The second-order valence-electron chi connectivity index (χ2n) is 19.6. The number of anilines is 4. The number of aliphatic imine (C=N–C) groups is 1. The lowest BCUT2D eigenvalue weighted by molar-refractivity contribution is -0.120. The molecule has 19 heteroatoms. The number of thiocarbonyl (C=S) groups is 1. The number of benzene rings is 4. The predicted molar refractivity (Wildman–Crippen MR) is 297 cm³/mol. The number of nitrogens with one attached hydrogen (secondary N) is 2. The number of fused-ring (bicyclic) bond motifs is 1. The minimum atomic E-state index is -0.726. The summed E-state index contributed by atoms with van der Waals surface area (Å²) >= 11 is 4.29. The molecule has 0 saturated carbocycles. The van der Waals surface area contributed by atoms with Crippen LogP contribution in [0.25, 0.3) is 11.0 Å². The van der Waals surface area contributed by atoms with E-state index in [2.05, 4.69) is 66.4 Å². The van der Waals surface area contributed by atoms with Gasteiger partial charge >= 0.3 is 0 Å². The van der Waals surface area contributed by atoms with E-state index >= 15 is 0 Å². The molecule has 404 valence electrons. The van der Waals surface area contributed by atoms with E-state index in [-0.39, 0.29) is 29.4 Å². The van der Waals surface area contributed by atoms with Gasteiger partial charge in [0.25, 0.3) is 0 Å². The van der Waals surface area contributed by atoms with Gasteiger partial charge < -0.3 is 30.4 Å². The highest BCUT2D eigenvalue weighted by molar-refractivity contribution is 7.78. The van der Waals surface area contributed by atoms with Crippen LogP contribution in [0.1, 0.15) is 62.0 Å². The Bertz CT molecular complexity index is 3240. The first-order valence-corrected chi connectivity index (χ1v) is 25.9. The summed E-state index contributed by atoms with van der Waals surface area (Å²) in [5.41, 5.74) is 11.1. The Morgan fingerprint density at radius 1 is 0.688 bits per heavy atom. The molecule has 7 aromatic rings. The molecule has 2 saturated heterocycles. The standard InChI is InChI=1S/C29H31F2N5O2.C21H28N4O2.C8H5F2NS/c1-18-7-10-36(11-8-18)17-21(37)13-20-14-23(6-9-32-20)38-22-4-5-28-27(15-22)34-29(35(28)3)33-26-12-19(2)24(30)16-25(26)31;1-15-6-9-25(10-7-15)14-17(26)11-16-12-19(5-8-24-16)27-18-3-4-21(23-2)20(22)13-18;1-5-2-8(11-4-12)7(10)3-6(5)9/h4-6,9,12,14-16,18H,7-8,10-11,13,17H2,1-3H3,(H,33,34);3-5,8,12-13,15,23H,6-7,9-11,14,22H2,1-2H3;2-3H,1H3. The van der Waals surface area contributed by atoms with Gasteiger partial charge in [0.2, 0.25) is 5.95 Å². The van der Waals surface area contributed by atoms with E-state index in [1.165, 1.54) is 31.9 Å². The molecule has 5 heterocycles. The maximum atomic E-state index is 14.3. The van der Waals surface area contributed by atoms with Gasteiger partial charge in [0.1, 0.15) is 46.1 Å². The first-order valence-electron chi connectivity index (χ1n) is 25.5. The van der Waals surface area contributed by atoms with Crippen molar-refractivity contribution in [3.63, 3.8) is 0 Å². The van der Waals surface area contributed by atoms with Crippen LogP contribution in [0.4, 0.5) is 46.3 Å². The Morgan fingerprint density at radius 3 is 1.73 bits per heavy atom. The molecule has 0 amide bonds. The van der Waals surface area contributed by atoms with Crippen molar-refractivity contribution in [3.8, 4) is 23.0 Å². The van der Waals surface area contributed by atoms with E-state index in [4.69, 9.17) is 15.2 Å². The third-order valence-corrected chi connectivity index (χ3v) is 13.5. The number of rotatable bonds is 16. The van der Waals surface area contributed by atoms with E-state index in [0.717, 1.165) is 79.9 Å². The highest BCUT2D eigenvalue weighted by Gasteiger charge is 2.21. The number of nitrogens with zero attached hydrogens (tertiary/aromatic N) is 7. The first kappa shape index (κ1) is 57.1. The number of pyridine rings is 2. The van der Waals surface area contributed by atoms with Gasteiger partial charge in [-0.15, -0.1) is 0 Å². The molecule has 4 aromatic carbocycles. The molecule has 2 fully saturated rings. The normalized spacial score (nSPS) is 14.1. The molecule has 0 radical (unpaired) electrons. The number of aryl methyl sites for hydroxylation is 3. The average molecular weight is 1070 g/mol. The molecule has 2 aliphatic heterocycles. The number of aromatic nitrogens is 4. The molecule has 3 aromatic heterocycles. The van der Waals surface area contributed by atoms with Crippen molar-refractivity contribution >= 4 is 68.7 Å². The quantitative estimate of drug-likeness (QED) is 0.0363. The molecule has 0 atom stereocenters. The summed E-state index contributed by atoms with van der Waals surface area (Å²) in [6, 6.07) is 22.4. The number of halogens is 4. The largest absolute Gasteiger partial charge is 0.457 e. The van der Waals surface area contributed by atoms with E-state index < -0.39 is 23.3 Å². The molecular formula is C58H64F4N10O4S. The number of ether oxygens (including phenoxy) is 2. The zero-order chi connectivity index (χ0) is 55.2. The van der Waals surface area contributed by atoms with Crippen LogP contribution in [0.5, 0.6) is 23.0 Å². The van der Waals surface area contributed by atoms with Gasteiger partial charge in [-0.1, -0.05) is 13.8 Å². The molecule has 4 N–H and O–H groups in total. The zero-order valence-corrected chi connectivity index (χ0v) is 45.0. The summed E-state index contributed by atoms with van der Waals surface area (Å²) in [5.74, 6) is 2.08. The Balaban J connectivity index is 0.000000191. The molecule has 2 aliphatic rings. The highest BCUT2D eigenvalue weighted by atomic mass is 32.1. The van der Waals surface area contributed by atoms with Gasteiger partial charge in [0, 0.05) is 62.9 Å². The number of nitrogen functional groups attached to an aromatic ring is 1. The Morgan fingerprint density at radius 2 is 1.19 bits per heavy atom. The number of isothiocyanates is 1. The molecule has 0 unspecified atom stereocenters. The molecule has 0 aliphatic carbocycles. The van der Waals surface area contributed by atoms with Crippen molar-refractivity contribution in [2.45, 2.75) is 66.2 Å². The second kappa shape index (κ2) is 27.0. The lowest BCUT2D eigenvalue weighted by Gasteiger charge is -2.29. The minimum absolute atomic E-state index is 0.0175. The van der Waals surface area contributed by atoms with Crippen molar-refractivity contribution < 1.29 is 36.6 Å². The number of carbonyl (C=O) groups excluding carboxylic acids is 2. The Hall–Kier alpha value is -7.57. The fourth-order valence-corrected chi connectivity index (χ4v) is 8.90. The molecular weight excluding hydrogens is 1010 g/mol. The monoisotopic (exact) mass is 1070 g/mol. The summed E-state index contributed by atoms with van der Waals surface area (Å²) in [4.78, 5) is 46.2. The first-order chi connectivity index (χ1) is 36.9. The van der Waals surface area contributed by atoms with E-state index in [9.17, 15) is 27.2 Å². The van der Waals surface area contributed by atoms with Crippen molar-refractivity contribution in [2.24, 2.45) is 23.9 Å². The van der Waals surface area contributed by atoms with Gasteiger partial charge in [0.05, 0.1) is 70.6 Å². The van der Waals surface area contributed by atoms with E-state index in [1.54, 1.807) is 54.2 Å². The van der Waals surface area contributed by atoms with Crippen molar-refractivity contribution in [1.29, 1.82) is 0 Å². The number of imidazole rings is 1. The lowest BCUT2D eigenvalue weighted by Crippen LogP contribution is -2.37. The van der Waals surface area contributed by atoms with Crippen LogP contribution in [0.2, 0.25) is 0 Å². The van der Waals surface area contributed by atoms with Crippen molar-refractivity contribution in [2.75, 3.05) is 62.7 Å². The minimum Gasteiger partial charge on any atom is -0.457 e. The van der Waals surface area contributed by atoms with Gasteiger partial charge in [-0.25, -0.2) is 22.5 Å². The van der Waals surface area contributed by atoms with Crippen molar-refractivity contribution in [1.82, 2.24) is 29.3 Å². The van der Waals surface area contributed by atoms with Gasteiger partial charge in [-0.3, -0.25) is 29.4 Å². The summed E-state index contributed by atoms with van der Waals surface area (Å²) in [6.07, 6.45) is 8.51. The van der Waals surface area contributed by atoms with Crippen LogP contribution in [0.3, 0.4) is 0 Å². The number of hydrogen-bond acceptors (Lipinski definition) is 14. The van der Waals surface area contributed by atoms with Crippen LogP contribution < -0.4 is 25.8 Å². The van der Waals surface area contributed by atoms with Crippen LogP contribution in [-0.4, -0.2) is 92.4 Å². The summed E-state index contributed by atoms with van der Waals surface area (Å²) in [5, 5.41) is 7.99. The fraction of sp³-hybridized carbons (Fsp3) is 0.345. The molecule has 0 spiro atoms. The number of hydrogen-bond donors (Lipinski definition) is 3. The van der Waals surface area contributed by atoms with Gasteiger partial charge in [-0.05, 0) is 149 Å². The zero-order valence-electron chi connectivity index (χ0n) is 44.1. The van der Waals surface area contributed by atoms with Gasteiger partial charge in [0.15, 0.2) is 17.4 Å². The number of nitrogens with two attached hydrogens (primary N) is 1. The average Bonchev–Trinajstić information content (AvgIpc) is 3.73. The third-order valence-electron chi connectivity index (χ3n) is 13.4. The lowest BCUT2D eigenvalue weighted by atomic mass is 9.99. The summed E-state index contributed by atoms with van der Waals surface area (Å²) in [7, 11) is 3.63. The van der Waals surface area contributed by atoms with Crippen molar-refractivity contribution in [3.05, 3.63) is 143 Å². The van der Waals surface area contributed by atoms with Crippen LogP contribution in [0, 0.1) is 49.0 Å². The molecule has 9 rings (SSSR count). The smallest absolute Gasteiger partial charge is 0.208 e. The van der Waals surface area contributed by atoms with Crippen LogP contribution in [-0.2, 0) is 29.5 Å². The highest BCUT2D eigenvalue weighted by Crippen LogP contribution is 2.31. The number of carbonyl (C=O) groups is 2. The number of Topliss-reactive ketones (excluding diaryl/α,β-unsaturated/α-hetero) is 2. The van der Waals surface area contributed by atoms with Gasteiger partial charge in [-0.2, -0.15) is 4.99 Å².